The van der Waals surface area contributed by atoms with Crippen molar-refractivity contribution in [2.45, 2.75) is 39.7 Å². The highest BCUT2D eigenvalue weighted by Crippen LogP contribution is 2.16. The van der Waals surface area contributed by atoms with E-state index in [2.05, 4.69) is 9.59 Å². The van der Waals surface area contributed by atoms with Gasteiger partial charge in [-0.25, -0.2) is 0 Å². The summed E-state index contributed by atoms with van der Waals surface area (Å²) in [6, 6.07) is 0.0960. The monoisotopic (exact) mass is 286 g/mol. The van der Waals surface area contributed by atoms with E-state index < -0.39 is 0 Å². The Bertz CT molecular complexity index is 430. The van der Waals surface area contributed by atoms with Crippen LogP contribution < -0.4 is 5.73 Å². The molecule has 1 rings (SSSR count). The molecule has 2 N–H and O–H groups in total. The quantitative estimate of drug-likeness (QED) is 0.805. The fourth-order valence-electron chi connectivity index (χ4n) is 1.56. The molecule has 1 heterocycles. The van der Waals surface area contributed by atoms with Gasteiger partial charge in [0.2, 0.25) is 0 Å². The summed E-state index contributed by atoms with van der Waals surface area (Å²) < 4.78 is 3.84. The largest absolute Gasteiger partial charge is 0.393 e. The standard InChI is InChI=1S/C11H18N4OS2/c1-4-8-10(18-14-13-8)11(16)15(7(2)3)6-5-9(12)17/h7H,4-6H2,1-3H3,(H2,12,17). The summed E-state index contributed by atoms with van der Waals surface area (Å²) in [6.07, 6.45) is 1.24. The molecule has 0 aliphatic heterocycles. The van der Waals surface area contributed by atoms with Crippen LogP contribution in [-0.2, 0) is 6.42 Å². The van der Waals surface area contributed by atoms with Gasteiger partial charge in [-0.3, -0.25) is 4.79 Å². The average Bonchev–Trinajstić information content (AvgIpc) is 2.75. The molecule has 0 bridgehead atoms. The van der Waals surface area contributed by atoms with Crippen molar-refractivity contribution >= 4 is 34.6 Å². The van der Waals surface area contributed by atoms with Crippen molar-refractivity contribution in [2.24, 2.45) is 5.73 Å². The van der Waals surface area contributed by atoms with Crippen molar-refractivity contribution in [3.8, 4) is 0 Å². The highest BCUT2D eigenvalue weighted by atomic mass is 32.1. The van der Waals surface area contributed by atoms with E-state index >= 15 is 0 Å². The molecular formula is C11H18N4OS2. The number of hydrogen-bond acceptors (Lipinski definition) is 5. The molecule has 0 aliphatic carbocycles. The van der Waals surface area contributed by atoms with Crippen molar-refractivity contribution < 1.29 is 4.79 Å². The van der Waals surface area contributed by atoms with Crippen molar-refractivity contribution in [3.63, 3.8) is 0 Å². The summed E-state index contributed by atoms with van der Waals surface area (Å²) in [5.41, 5.74) is 6.24. The van der Waals surface area contributed by atoms with Crippen LogP contribution in [0.1, 0.15) is 42.6 Å². The number of aromatic nitrogens is 2. The fraction of sp³-hybridized carbons (Fsp3) is 0.636. The van der Waals surface area contributed by atoms with Crippen LogP contribution in [0, 0.1) is 0 Å². The molecular weight excluding hydrogens is 268 g/mol. The number of thiocarbonyl (C=S) groups is 1. The van der Waals surface area contributed by atoms with Gasteiger partial charge in [-0.15, -0.1) is 5.10 Å². The summed E-state index contributed by atoms with van der Waals surface area (Å²) in [5.74, 6) is -0.0342. The molecule has 0 aromatic carbocycles. The number of amides is 1. The van der Waals surface area contributed by atoms with E-state index in [9.17, 15) is 4.79 Å². The summed E-state index contributed by atoms with van der Waals surface area (Å²) in [6.45, 7) is 6.43. The number of carbonyl (C=O) groups is 1. The number of rotatable bonds is 6. The maximum atomic E-state index is 12.4. The maximum absolute atomic E-state index is 12.4. The molecule has 100 valence electrons. The van der Waals surface area contributed by atoms with E-state index in [0.717, 1.165) is 17.2 Å². The van der Waals surface area contributed by atoms with Gasteiger partial charge in [0.15, 0.2) is 0 Å². The summed E-state index contributed by atoms with van der Waals surface area (Å²) >= 11 is 6.00. The normalized spacial score (nSPS) is 10.7. The molecule has 1 aromatic rings. The molecule has 0 saturated carbocycles. The van der Waals surface area contributed by atoms with E-state index in [0.29, 0.717) is 29.3 Å². The van der Waals surface area contributed by atoms with Gasteiger partial charge in [0.05, 0.1) is 10.7 Å². The van der Waals surface area contributed by atoms with Crippen LogP contribution in [0.4, 0.5) is 0 Å². The molecule has 0 spiro atoms. The van der Waals surface area contributed by atoms with E-state index in [1.807, 2.05) is 20.8 Å². The van der Waals surface area contributed by atoms with E-state index in [1.165, 1.54) is 0 Å². The van der Waals surface area contributed by atoms with Crippen molar-refractivity contribution in [2.75, 3.05) is 6.54 Å². The minimum atomic E-state index is -0.0342. The van der Waals surface area contributed by atoms with Crippen LogP contribution in [-0.4, -0.2) is 38.0 Å². The number of carbonyl (C=O) groups excluding carboxylic acids is 1. The van der Waals surface area contributed by atoms with Crippen LogP contribution in [0.3, 0.4) is 0 Å². The Morgan fingerprint density at radius 1 is 1.56 bits per heavy atom. The first-order valence-corrected chi connectivity index (χ1v) is 7.06. The summed E-state index contributed by atoms with van der Waals surface area (Å²) in [5, 5.41) is 3.96. The van der Waals surface area contributed by atoms with Gasteiger partial charge in [-0.1, -0.05) is 23.6 Å². The lowest BCUT2D eigenvalue weighted by Crippen LogP contribution is -2.39. The lowest BCUT2D eigenvalue weighted by molar-refractivity contribution is 0.0715. The van der Waals surface area contributed by atoms with Crippen LogP contribution in [0.5, 0.6) is 0 Å². The first-order valence-electron chi connectivity index (χ1n) is 5.87. The molecule has 1 amide bonds. The van der Waals surface area contributed by atoms with E-state index in [4.69, 9.17) is 18.0 Å². The Kier molecular flexibility index (Phi) is 5.61. The van der Waals surface area contributed by atoms with E-state index in [1.54, 1.807) is 4.90 Å². The Labute approximate surface area is 117 Å². The second-order valence-corrected chi connectivity index (χ2v) is 5.49. The number of aryl methyl sites for hydroxylation is 1. The minimum absolute atomic E-state index is 0.0342. The molecule has 0 saturated heterocycles. The maximum Gasteiger partial charge on any atom is 0.267 e. The summed E-state index contributed by atoms with van der Waals surface area (Å²) in [7, 11) is 0. The van der Waals surface area contributed by atoms with Gasteiger partial charge < -0.3 is 10.6 Å². The van der Waals surface area contributed by atoms with Crippen molar-refractivity contribution in [3.05, 3.63) is 10.6 Å². The van der Waals surface area contributed by atoms with Crippen LogP contribution in [0.15, 0.2) is 0 Å². The molecule has 0 atom stereocenters. The molecule has 0 fully saturated rings. The minimum Gasteiger partial charge on any atom is -0.393 e. The van der Waals surface area contributed by atoms with Gasteiger partial charge in [0, 0.05) is 19.0 Å². The van der Waals surface area contributed by atoms with Crippen molar-refractivity contribution in [1.29, 1.82) is 0 Å². The Morgan fingerprint density at radius 3 is 2.72 bits per heavy atom. The number of hydrogen-bond donors (Lipinski definition) is 1. The Morgan fingerprint density at radius 2 is 2.22 bits per heavy atom. The molecule has 5 nitrogen and oxygen atoms in total. The third kappa shape index (κ3) is 3.71. The molecule has 0 radical (unpaired) electrons. The highest BCUT2D eigenvalue weighted by Gasteiger charge is 2.23. The lowest BCUT2D eigenvalue weighted by atomic mass is 10.2. The molecule has 0 aliphatic rings. The topological polar surface area (TPSA) is 72.1 Å². The third-order valence-electron chi connectivity index (χ3n) is 2.57. The van der Waals surface area contributed by atoms with Gasteiger partial charge in [0.25, 0.3) is 5.91 Å². The van der Waals surface area contributed by atoms with Crippen LogP contribution in [0.25, 0.3) is 0 Å². The summed E-state index contributed by atoms with van der Waals surface area (Å²) in [4.78, 5) is 15.2. The van der Waals surface area contributed by atoms with Gasteiger partial charge in [-0.2, -0.15) is 0 Å². The SMILES string of the molecule is CCc1nnsc1C(=O)N(CCC(N)=S)C(C)C. The van der Waals surface area contributed by atoms with E-state index in [-0.39, 0.29) is 11.9 Å². The Hall–Kier alpha value is -1.08. The zero-order valence-corrected chi connectivity index (χ0v) is 12.5. The lowest BCUT2D eigenvalue weighted by Gasteiger charge is -2.26. The van der Waals surface area contributed by atoms with Crippen LogP contribution >= 0.6 is 23.8 Å². The fourth-order valence-corrected chi connectivity index (χ4v) is 2.36. The zero-order chi connectivity index (χ0) is 13.7. The highest BCUT2D eigenvalue weighted by molar-refractivity contribution is 7.80. The first-order chi connectivity index (χ1) is 8.47. The van der Waals surface area contributed by atoms with Crippen LogP contribution in [0.2, 0.25) is 0 Å². The van der Waals surface area contributed by atoms with Gasteiger partial charge in [-0.05, 0) is 31.8 Å². The smallest absolute Gasteiger partial charge is 0.267 e. The Balaban J connectivity index is 2.86. The second kappa shape index (κ2) is 6.75. The number of nitrogens with two attached hydrogens (primary N) is 1. The first kappa shape index (κ1) is 15.0. The molecule has 0 unspecified atom stereocenters. The van der Waals surface area contributed by atoms with Crippen molar-refractivity contribution in [1.82, 2.24) is 14.5 Å². The second-order valence-electron chi connectivity index (χ2n) is 4.21. The molecule has 7 heteroatoms. The molecule has 18 heavy (non-hydrogen) atoms. The number of nitrogens with zero attached hydrogens (tertiary/aromatic N) is 3. The predicted molar refractivity (Wildman–Crippen MR) is 76.9 cm³/mol. The zero-order valence-electron chi connectivity index (χ0n) is 10.8. The predicted octanol–water partition coefficient (Wildman–Crippen LogP) is 1.63. The van der Waals surface area contributed by atoms with Gasteiger partial charge >= 0.3 is 0 Å². The average molecular weight is 286 g/mol. The third-order valence-corrected chi connectivity index (χ3v) is 3.53. The molecule has 1 aromatic heterocycles. The van der Waals surface area contributed by atoms with Gasteiger partial charge in [0.1, 0.15) is 4.88 Å².